The number of carbonyl (C=O) groups is 1. The first-order valence-electron chi connectivity index (χ1n) is 8.26. The van der Waals surface area contributed by atoms with Gasteiger partial charge in [-0.1, -0.05) is 30.0 Å². The molecule has 2 rings (SSSR count). The van der Waals surface area contributed by atoms with Crippen molar-refractivity contribution in [1.29, 1.82) is 0 Å². The van der Waals surface area contributed by atoms with Crippen LogP contribution in [0.4, 0.5) is 17.6 Å². The molecule has 1 amide bonds. The van der Waals surface area contributed by atoms with Crippen molar-refractivity contribution in [3.05, 3.63) is 65.5 Å². The zero-order valence-electron chi connectivity index (χ0n) is 14.9. The van der Waals surface area contributed by atoms with Crippen molar-refractivity contribution < 1.29 is 30.8 Å². The first kappa shape index (κ1) is 22.4. The Morgan fingerprint density at radius 2 is 1.79 bits per heavy atom. The molecule has 0 aliphatic heterocycles. The van der Waals surface area contributed by atoms with Gasteiger partial charge >= 0.3 is 6.18 Å². The number of nitrogens with one attached hydrogen (secondary N) is 2. The summed E-state index contributed by atoms with van der Waals surface area (Å²) in [7, 11) is -4.45. The predicted molar refractivity (Wildman–Crippen MR) is 97.5 cm³/mol. The van der Waals surface area contributed by atoms with E-state index >= 15 is 0 Å². The number of hydrogen-bond donors (Lipinski definition) is 2. The fourth-order valence-electron chi connectivity index (χ4n) is 2.26. The SMILES string of the molecule is O=C(CCNS(=O)(=O)c1ccccc1C(F)(F)F)NCC#Cc1cccc(F)c1. The summed E-state index contributed by atoms with van der Waals surface area (Å²) in [4.78, 5) is 10.8. The number of benzene rings is 2. The van der Waals surface area contributed by atoms with E-state index in [0.717, 1.165) is 12.1 Å². The number of sulfonamides is 1. The predicted octanol–water partition coefficient (Wildman–Crippen LogP) is 2.68. The molecule has 0 fully saturated rings. The quantitative estimate of drug-likeness (QED) is 0.549. The molecule has 0 aliphatic carbocycles. The van der Waals surface area contributed by atoms with Gasteiger partial charge in [-0.15, -0.1) is 0 Å². The minimum Gasteiger partial charge on any atom is -0.345 e. The van der Waals surface area contributed by atoms with Gasteiger partial charge in [-0.2, -0.15) is 13.2 Å². The fraction of sp³-hybridized carbons (Fsp3) is 0.211. The molecule has 0 unspecified atom stereocenters. The summed E-state index contributed by atoms with van der Waals surface area (Å²) >= 11 is 0. The first-order chi connectivity index (χ1) is 13.6. The molecular weight excluding hydrogens is 412 g/mol. The van der Waals surface area contributed by atoms with Crippen LogP contribution < -0.4 is 10.0 Å². The highest BCUT2D eigenvalue weighted by atomic mass is 32.2. The van der Waals surface area contributed by atoms with Crippen molar-refractivity contribution in [1.82, 2.24) is 10.0 Å². The first-order valence-corrected chi connectivity index (χ1v) is 9.75. The lowest BCUT2D eigenvalue weighted by molar-refractivity contribution is -0.139. The molecule has 0 saturated heterocycles. The van der Waals surface area contributed by atoms with Gasteiger partial charge in [0.2, 0.25) is 15.9 Å². The lowest BCUT2D eigenvalue weighted by Gasteiger charge is -2.13. The number of halogens is 4. The van der Waals surface area contributed by atoms with Crippen molar-refractivity contribution in [2.75, 3.05) is 13.1 Å². The Balaban J connectivity index is 1.86. The van der Waals surface area contributed by atoms with E-state index in [2.05, 4.69) is 17.2 Å². The van der Waals surface area contributed by atoms with Crippen LogP contribution in [0.15, 0.2) is 53.4 Å². The van der Waals surface area contributed by atoms with Crippen LogP contribution in [0.2, 0.25) is 0 Å². The second kappa shape index (κ2) is 9.54. The van der Waals surface area contributed by atoms with E-state index in [9.17, 15) is 30.8 Å². The van der Waals surface area contributed by atoms with Crippen molar-refractivity contribution in [2.45, 2.75) is 17.5 Å². The molecule has 0 atom stereocenters. The van der Waals surface area contributed by atoms with E-state index in [4.69, 9.17) is 0 Å². The van der Waals surface area contributed by atoms with E-state index in [-0.39, 0.29) is 13.0 Å². The van der Waals surface area contributed by atoms with Gasteiger partial charge in [0.1, 0.15) is 5.82 Å². The Morgan fingerprint density at radius 1 is 1.07 bits per heavy atom. The van der Waals surface area contributed by atoms with Gasteiger partial charge in [0, 0.05) is 18.5 Å². The Labute approximate surface area is 165 Å². The average molecular weight is 428 g/mol. The van der Waals surface area contributed by atoms with Gasteiger partial charge in [0.15, 0.2) is 0 Å². The Hall–Kier alpha value is -2.90. The number of rotatable bonds is 6. The van der Waals surface area contributed by atoms with Gasteiger partial charge in [0.05, 0.1) is 17.0 Å². The molecule has 2 aromatic carbocycles. The number of alkyl halides is 3. The van der Waals surface area contributed by atoms with E-state index in [1.54, 1.807) is 6.07 Å². The molecule has 0 heterocycles. The standard InChI is InChI=1S/C19H16F4N2O3S/c20-15-7-3-5-14(13-15)6-4-11-24-18(26)10-12-25-29(27,28)17-9-2-1-8-16(17)19(21,22)23/h1-3,5,7-9,13,25H,10-12H2,(H,24,26). The summed E-state index contributed by atoms with van der Waals surface area (Å²) in [6, 6.07) is 9.33. The Morgan fingerprint density at radius 3 is 2.48 bits per heavy atom. The summed E-state index contributed by atoms with van der Waals surface area (Å²) in [5, 5.41) is 2.41. The largest absolute Gasteiger partial charge is 0.417 e. The Bertz CT molecular complexity index is 1040. The number of hydrogen-bond acceptors (Lipinski definition) is 3. The van der Waals surface area contributed by atoms with Gasteiger partial charge in [-0.05, 0) is 30.3 Å². The normalized spacial score (nSPS) is 11.4. The van der Waals surface area contributed by atoms with Crippen LogP contribution in [0.3, 0.4) is 0 Å². The highest BCUT2D eigenvalue weighted by Gasteiger charge is 2.36. The summed E-state index contributed by atoms with van der Waals surface area (Å²) < 4.78 is 78.1. The van der Waals surface area contributed by atoms with Crippen molar-refractivity contribution >= 4 is 15.9 Å². The molecule has 0 radical (unpaired) electrons. The van der Waals surface area contributed by atoms with E-state index in [1.807, 2.05) is 4.72 Å². The highest BCUT2D eigenvalue weighted by Crippen LogP contribution is 2.33. The fourth-order valence-corrected chi connectivity index (χ4v) is 3.51. The van der Waals surface area contributed by atoms with Crippen LogP contribution in [0.5, 0.6) is 0 Å². The van der Waals surface area contributed by atoms with E-state index in [1.165, 1.54) is 24.3 Å². The third-order valence-electron chi connectivity index (χ3n) is 3.56. The van der Waals surface area contributed by atoms with E-state index in [0.29, 0.717) is 11.6 Å². The summed E-state index contributed by atoms with van der Waals surface area (Å²) in [6.45, 7) is -0.448. The van der Waals surface area contributed by atoms with Crippen LogP contribution in [-0.4, -0.2) is 27.4 Å². The minimum absolute atomic E-state index is 0.0565. The molecule has 0 aliphatic rings. The second-order valence-corrected chi connectivity index (χ2v) is 7.47. The molecule has 154 valence electrons. The molecule has 2 N–H and O–H groups in total. The topological polar surface area (TPSA) is 75.3 Å². The van der Waals surface area contributed by atoms with Crippen molar-refractivity contribution in [2.24, 2.45) is 0 Å². The minimum atomic E-state index is -4.83. The molecular formula is C19H16F4N2O3S. The third-order valence-corrected chi connectivity index (χ3v) is 5.08. The molecule has 5 nitrogen and oxygen atoms in total. The third kappa shape index (κ3) is 6.89. The zero-order valence-corrected chi connectivity index (χ0v) is 15.7. The van der Waals surface area contributed by atoms with Crippen LogP contribution in [0, 0.1) is 17.7 Å². The van der Waals surface area contributed by atoms with E-state index < -0.39 is 44.9 Å². The highest BCUT2D eigenvalue weighted by molar-refractivity contribution is 7.89. The van der Waals surface area contributed by atoms with Gasteiger partial charge < -0.3 is 5.32 Å². The van der Waals surface area contributed by atoms with Crippen LogP contribution >= 0.6 is 0 Å². The van der Waals surface area contributed by atoms with Gasteiger partial charge in [-0.3, -0.25) is 4.79 Å². The van der Waals surface area contributed by atoms with Crippen LogP contribution in [0.1, 0.15) is 17.5 Å². The lowest BCUT2D eigenvalue weighted by atomic mass is 10.2. The maximum absolute atomic E-state index is 13.0. The molecule has 10 heteroatoms. The maximum Gasteiger partial charge on any atom is 0.417 e. The summed E-state index contributed by atoms with van der Waals surface area (Å²) in [5.74, 6) is 4.25. The van der Waals surface area contributed by atoms with Crippen molar-refractivity contribution in [3.63, 3.8) is 0 Å². The van der Waals surface area contributed by atoms with Gasteiger partial charge in [-0.25, -0.2) is 17.5 Å². The molecule has 2 aromatic rings. The number of amides is 1. The molecule has 0 saturated carbocycles. The van der Waals surface area contributed by atoms with Crippen LogP contribution in [0.25, 0.3) is 0 Å². The zero-order chi connectivity index (χ0) is 21.5. The van der Waals surface area contributed by atoms with Crippen molar-refractivity contribution in [3.8, 4) is 11.8 Å². The molecule has 29 heavy (non-hydrogen) atoms. The van der Waals surface area contributed by atoms with Gasteiger partial charge in [0.25, 0.3) is 0 Å². The molecule has 0 aromatic heterocycles. The monoisotopic (exact) mass is 428 g/mol. The second-order valence-electron chi connectivity index (χ2n) is 5.73. The Kier molecular flexibility index (Phi) is 7.36. The summed E-state index contributed by atoms with van der Waals surface area (Å²) in [6.07, 6.45) is -5.13. The smallest absolute Gasteiger partial charge is 0.345 e. The molecule has 0 bridgehead atoms. The maximum atomic E-state index is 13.0. The summed E-state index contributed by atoms with van der Waals surface area (Å²) in [5.41, 5.74) is -0.861. The average Bonchev–Trinajstić information content (AvgIpc) is 2.64. The lowest BCUT2D eigenvalue weighted by Crippen LogP contribution is -2.31. The number of carbonyl (C=O) groups excluding carboxylic acids is 1. The van der Waals surface area contributed by atoms with Crippen LogP contribution in [-0.2, 0) is 21.0 Å². The molecule has 0 spiro atoms.